The Balaban J connectivity index is 1.86. The lowest BCUT2D eigenvalue weighted by atomic mass is 9.59. The average Bonchev–Trinajstić information content (AvgIpc) is 2.40. The van der Waals surface area contributed by atoms with Crippen LogP contribution in [0.2, 0.25) is 0 Å². The van der Waals surface area contributed by atoms with Gasteiger partial charge in [-0.05, 0) is 30.1 Å². The number of hydrogen-bond donors (Lipinski definition) is 0. The summed E-state index contributed by atoms with van der Waals surface area (Å²) < 4.78 is 0. The first-order valence-corrected chi connectivity index (χ1v) is 5.33. The monoisotopic (exact) mass is 176 g/mol. The Morgan fingerprint density at radius 1 is 0.846 bits per heavy atom. The van der Waals surface area contributed by atoms with Crippen LogP contribution in [0.4, 0.5) is 0 Å². The third-order valence-electron chi connectivity index (χ3n) is 5.03. The van der Waals surface area contributed by atoms with Crippen LogP contribution in [0, 0.1) is 35.5 Å². The quantitative estimate of drug-likeness (QED) is 0.552. The first kappa shape index (κ1) is 6.74. The van der Waals surface area contributed by atoms with Crippen LogP contribution in [-0.2, 0) is 9.59 Å². The SMILES string of the molecule is O=C1C[C@H]2C[C@H]3CC(=O)[C@@H]4[C@@H]1[C@@H]2[C@@H]34. The molecule has 0 heterocycles. The van der Waals surface area contributed by atoms with Crippen LogP contribution < -0.4 is 0 Å². The molecule has 6 atom stereocenters. The van der Waals surface area contributed by atoms with E-state index < -0.39 is 0 Å². The molecule has 4 aliphatic carbocycles. The van der Waals surface area contributed by atoms with Gasteiger partial charge in [-0.2, -0.15) is 0 Å². The standard InChI is InChI=1S/C11H12O2/c12-6-2-4-1-5-3-7(13)11-9(5)8(4)10(6)11/h4-5,8-11H,1-3H2/t4-,5+,8+,9-,10-,11-/m0/s1. The van der Waals surface area contributed by atoms with Gasteiger partial charge in [0.15, 0.2) is 0 Å². The Morgan fingerprint density at radius 3 is 1.77 bits per heavy atom. The van der Waals surface area contributed by atoms with Crippen LogP contribution in [0.3, 0.4) is 0 Å². The molecule has 0 amide bonds. The summed E-state index contributed by atoms with van der Waals surface area (Å²) in [5.74, 6) is 3.84. The molecule has 2 heteroatoms. The van der Waals surface area contributed by atoms with Gasteiger partial charge in [0.2, 0.25) is 0 Å². The van der Waals surface area contributed by atoms with Crippen molar-refractivity contribution in [3.05, 3.63) is 0 Å². The molecule has 0 saturated heterocycles. The molecule has 0 aliphatic heterocycles. The van der Waals surface area contributed by atoms with E-state index in [9.17, 15) is 9.59 Å². The highest BCUT2D eigenvalue weighted by atomic mass is 16.1. The smallest absolute Gasteiger partial charge is 0.137 e. The Bertz CT molecular complexity index is 301. The van der Waals surface area contributed by atoms with Crippen molar-refractivity contribution in [3.63, 3.8) is 0 Å². The molecule has 4 saturated carbocycles. The zero-order chi connectivity index (χ0) is 8.74. The lowest BCUT2D eigenvalue weighted by Crippen LogP contribution is -2.46. The molecule has 4 fully saturated rings. The van der Waals surface area contributed by atoms with Gasteiger partial charge in [0.25, 0.3) is 0 Å². The number of rotatable bonds is 0. The Hall–Kier alpha value is -0.660. The predicted molar refractivity (Wildman–Crippen MR) is 44.8 cm³/mol. The van der Waals surface area contributed by atoms with E-state index >= 15 is 0 Å². The van der Waals surface area contributed by atoms with E-state index in [0.29, 0.717) is 35.2 Å². The minimum Gasteiger partial charge on any atom is -0.299 e. The van der Waals surface area contributed by atoms with Crippen molar-refractivity contribution >= 4 is 11.6 Å². The fraction of sp³-hybridized carbons (Fsp3) is 0.818. The summed E-state index contributed by atoms with van der Waals surface area (Å²) in [7, 11) is 0. The van der Waals surface area contributed by atoms with E-state index in [1.54, 1.807) is 0 Å². The van der Waals surface area contributed by atoms with E-state index in [2.05, 4.69) is 0 Å². The molecule has 13 heavy (non-hydrogen) atoms. The highest BCUT2D eigenvalue weighted by Gasteiger charge is 2.71. The minimum atomic E-state index is 0.190. The number of ketones is 2. The van der Waals surface area contributed by atoms with E-state index in [1.165, 1.54) is 6.42 Å². The van der Waals surface area contributed by atoms with Gasteiger partial charge in [0.05, 0.1) is 0 Å². The third kappa shape index (κ3) is 0.527. The summed E-state index contributed by atoms with van der Waals surface area (Å²) >= 11 is 0. The number of Topliss-reactive ketones (excluding diaryl/α,β-unsaturated/α-hetero) is 2. The van der Waals surface area contributed by atoms with Crippen LogP contribution in [0.5, 0.6) is 0 Å². The van der Waals surface area contributed by atoms with Crippen molar-refractivity contribution in [2.45, 2.75) is 19.3 Å². The summed E-state index contributed by atoms with van der Waals surface area (Å²) in [4.78, 5) is 23.2. The summed E-state index contributed by atoms with van der Waals surface area (Å²) in [5, 5.41) is 0. The minimum absolute atomic E-state index is 0.190. The average molecular weight is 176 g/mol. The zero-order valence-corrected chi connectivity index (χ0v) is 7.40. The maximum Gasteiger partial charge on any atom is 0.137 e. The Labute approximate surface area is 76.7 Å². The molecule has 4 aliphatic rings. The lowest BCUT2D eigenvalue weighted by Gasteiger charge is -2.42. The van der Waals surface area contributed by atoms with Gasteiger partial charge in [-0.3, -0.25) is 9.59 Å². The molecule has 2 nitrogen and oxygen atoms in total. The van der Waals surface area contributed by atoms with Crippen molar-refractivity contribution < 1.29 is 9.59 Å². The maximum absolute atomic E-state index is 11.6. The molecule has 0 aromatic heterocycles. The van der Waals surface area contributed by atoms with Gasteiger partial charge in [-0.1, -0.05) is 0 Å². The molecule has 0 N–H and O–H groups in total. The van der Waals surface area contributed by atoms with Crippen LogP contribution >= 0.6 is 0 Å². The number of hydrogen-bond acceptors (Lipinski definition) is 2. The van der Waals surface area contributed by atoms with Crippen molar-refractivity contribution in [2.24, 2.45) is 35.5 Å². The highest BCUT2D eigenvalue weighted by molar-refractivity contribution is 5.96. The fourth-order valence-corrected chi connectivity index (χ4v) is 4.79. The molecule has 68 valence electrons. The highest BCUT2D eigenvalue weighted by Crippen LogP contribution is 2.69. The summed E-state index contributed by atoms with van der Waals surface area (Å²) in [5.41, 5.74) is 0. The van der Waals surface area contributed by atoms with Gasteiger partial charge in [0, 0.05) is 24.7 Å². The molecule has 0 aromatic rings. The molecule has 0 radical (unpaired) electrons. The van der Waals surface area contributed by atoms with Gasteiger partial charge in [0.1, 0.15) is 11.6 Å². The lowest BCUT2D eigenvalue weighted by molar-refractivity contribution is -0.139. The molecule has 0 spiro atoms. The second-order valence-corrected chi connectivity index (χ2v) is 5.30. The second-order valence-electron chi connectivity index (χ2n) is 5.30. The van der Waals surface area contributed by atoms with E-state index in [0.717, 1.165) is 12.8 Å². The Kier molecular flexibility index (Phi) is 0.907. The van der Waals surface area contributed by atoms with Gasteiger partial charge in [-0.25, -0.2) is 0 Å². The summed E-state index contributed by atoms with van der Waals surface area (Å²) in [6.45, 7) is 0. The van der Waals surface area contributed by atoms with Crippen molar-refractivity contribution in [1.29, 1.82) is 0 Å². The van der Waals surface area contributed by atoms with E-state index in [4.69, 9.17) is 0 Å². The second kappa shape index (κ2) is 1.75. The van der Waals surface area contributed by atoms with Gasteiger partial charge < -0.3 is 0 Å². The molecular formula is C11H12O2. The van der Waals surface area contributed by atoms with Crippen molar-refractivity contribution in [1.82, 2.24) is 0 Å². The van der Waals surface area contributed by atoms with Crippen LogP contribution in [0.1, 0.15) is 19.3 Å². The van der Waals surface area contributed by atoms with Gasteiger partial charge in [-0.15, -0.1) is 0 Å². The normalized spacial score (nSPS) is 61.2. The van der Waals surface area contributed by atoms with Crippen LogP contribution in [0.25, 0.3) is 0 Å². The van der Waals surface area contributed by atoms with Crippen LogP contribution in [-0.4, -0.2) is 11.6 Å². The van der Waals surface area contributed by atoms with Crippen molar-refractivity contribution in [3.8, 4) is 0 Å². The van der Waals surface area contributed by atoms with Gasteiger partial charge >= 0.3 is 0 Å². The van der Waals surface area contributed by atoms with E-state index in [-0.39, 0.29) is 11.8 Å². The molecule has 4 rings (SSSR count). The maximum atomic E-state index is 11.6. The van der Waals surface area contributed by atoms with Crippen molar-refractivity contribution in [2.75, 3.05) is 0 Å². The number of fused-ring (bicyclic) bond motifs is 1. The molecule has 0 unspecified atom stereocenters. The fourth-order valence-electron chi connectivity index (χ4n) is 4.79. The Morgan fingerprint density at radius 2 is 1.31 bits per heavy atom. The molecule has 0 bridgehead atoms. The zero-order valence-electron chi connectivity index (χ0n) is 7.40. The largest absolute Gasteiger partial charge is 0.299 e. The first-order valence-electron chi connectivity index (χ1n) is 5.33. The molecular weight excluding hydrogens is 164 g/mol. The molecule has 0 aromatic carbocycles. The summed E-state index contributed by atoms with van der Waals surface area (Å²) in [6, 6.07) is 0. The van der Waals surface area contributed by atoms with Crippen LogP contribution in [0.15, 0.2) is 0 Å². The number of carbonyl (C=O) groups is 2. The first-order chi connectivity index (χ1) is 6.27. The topological polar surface area (TPSA) is 34.1 Å². The third-order valence-corrected chi connectivity index (χ3v) is 5.03. The van der Waals surface area contributed by atoms with E-state index in [1.807, 2.05) is 0 Å². The summed E-state index contributed by atoms with van der Waals surface area (Å²) in [6.07, 6.45) is 2.78. The predicted octanol–water partition coefficient (Wildman–Crippen LogP) is 1.05. The number of carbonyl (C=O) groups excluding carboxylic acids is 2.